The summed E-state index contributed by atoms with van der Waals surface area (Å²) in [7, 11) is -3.08. The standard InChI is InChI=1S/C3O6P2S3/c12-1-4-10(5-1)8-3(14)9-11-6-2(13)7-11. The molecule has 0 spiro atoms. The average Bonchev–Trinajstić information content (AvgIpc) is 1.98. The first-order valence-electron chi connectivity index (χ1n) is 2.93. The molecule has 0 N–H and O–H groups in total. The minimum absolute atomic E-state index is 0.0296. The van der Waals surface area contributed by atoms with E-state index in [0.717, 1.165) is 0 Å². The molecule has 2 aromatic rings. The molecule has 0 amide bonds. The van der Waals surface area contributed by atoms with Gasteiger partial charge in [0.05, 0.1) is 0 Å². The van der Waals surface area contributed by atoms with Crippen LogP contribution in [0.15, 0.2) is 16.8 Å². The Balaban J connectivity index is 1.87. The van der Waals surface area contributed by atoms with Gasteiger partial charge in [0, 0.05) is 36.7 Å². The van der Waals surface area contributed by atoms with Gasteiger partial charge in [-0.3, -0.25) is 0 Å². The summed E-state index contributed by atoms with van der Waals surface area (Å²) in [6, 6.07) is 0. The zero-order valence-corrected chi connectivity index (χ0v) is 10.3. The molecule has 0 aliphatic carbocycles. The van der Waals surface area contributed by atoms with Gasteiger partial charge >= 0.3 is 31.5 Å². The van der Waals surface area contributed by atoms with Gasteiger partial charge in [-0.15, -0.1) is 0 Å². The third kappa shape index (κ3) is 2.37. The third-order valence-corrected chi connectivity index (χ3v) is 4.02. The van der Waals surface area contributed by atoms with Crippen LogP contribution in [0.5, 0.6) is 0 Å². The second-order valence-corrected chi connectivity index (χ2v) is 4.73. The quantitative estimate of drug-likeness (QED) is 0.774. The minimum Gasteiger partial charge on any atom is -0.345 e. The maximum atomic E-state index is 4.85. The van der Waals surface area contributed by atoms with Crippen molar-refractivity contribution in [3.63, 3.8) is 0 Å². The van der Waals surface area contributed by atoms with Crippen molar-refractivity contribution in [1.29, 1.82) is 0 Å². The van der Waals surface area contributed by atoms with Crippen molar-refractivity contribution < 1.29 is 25.8 Å². The number of hydrogen-bond donors (Lipinski definition) is 0. The molecule has 0 saturated carbocycles. The topological polar surface area (TPSA) is 71.0 Å². The van der Waals surface area contributed by atoms with Crippen molar-refractivity contribution in [1.82, 2.24) is 0 Å². The number of thiocarbonyl (C=S) groups is 1. The van der Waals surface area contributed by atoms with Gasteiger partial charge in [0.25, 0.3) is 0 Å². The highest BCUT2D eigenvalue weighted by atomic mass is 32.1. The molecule has 11 heteroatoms. The van der Waals surface area contributed by atoms with Crippen LogP contribution in [-0.4, -0.2) is 5.24 Å². The molecule has 2 aromatic heterocycles. The van der Waals surface area contributed by atoms with Gasteiger partial charge in [0.15, 0.2) is 0 Å². The summed E-state index contributed by atoms with van der Waals surface area (Å²) < 4.78 is 28.7. The van der Waals surface area contributed by atoms with Crippen molar-refractivity contribution in [2.24, 2.45) is 0 Å². The molecule has 0 atom stereocenters. The van der Waals surface area contributed by atoms with Crippen LogP contribution in [0.25, 0.3) is 0 Å². The Morgan fingerprint density at radius 1 is 0.929 bits per heavy atom. The van der Waals surface area contributed by atoms with E-state index in [1.54, 1.807) is 0 Å². The summed E-state index contributed by atoms with van der Waals surface area (Å²) in [5.41, 5.74) is 0. The van der Waals surface area contributed by atoms with Gasteiger partial charge in [0.1, 0.15) is 0 Å². The van der Waals surface area contributed by atoms with E-state index in [2.05, 4.69) is 36.7 Å². The van der Waals surface area contributed by atoms with E-state index in [1.165, 1.54) is 0 Å². The van der Waals surface area contributed by atoms with Crippen LogP contribution in [0.3, 0.4) is 0 Å². The predicted octanol–water partition coefficient (Wildman–Crippen LogP) is 3.33. The van der Waals surface area contributed by atoms with Crippen molar-refractivity contribution in [2.45, 2.75) is 0 Å². The summed E-state index contributed by atoms with van der Waals surface area (Å²) in [4.78, 5) is 0.0592. The molecular weight excluding hydrogens is 290 g/mol. The van der Waals surface area contributed by atoms with E-state index in [0.29, 0.717) is 0 Å². The molecule has 2 rings (SSSR count). The van der Waals surface area contributed by atoms with Gasteiger partial charge in [-0.2, -0.15) is 0 Å². The molecule has 0 bridgehead atoms. The Morgan fingerprint density at radius 2 is 1.29 bits per heavy atom. The zero-order chi connectivity index (χ0) is 10.1. The van der Waals surface area contributed by atoms with Crippen molar-refractivity contribution >= 4 is 58.4 Å². The molecular formula is C3O6P2S3. The van der Waals surface area contributed by atoms with Crippen LogP contribution in [0.1, 0.15) is 0 Å². The number of rotatable bonds is 2. The molecule has 0 aliphatic rings. The Kier molecular flexibility index (Phi) is 2.94. The highest BCUT2D eigenvalue weighted by molar-refractivity contribution is 7.80. The average molecular weight is 290 g/mol. The van der Waals surface area contributed by atoms with E-state index in [4.69, 9.17) is 25.8 Å². The molecule has 0 aromatic carbocycles. The van der Waals surface area contributed by atoms with Gasteiger partial charge < -0.3 is 25.8 Å². The largest absolute Gasteiger partial charge is 0.462 e. The van der Waals surface area contributed by atoms with Crippen molar-refractivity contribution in [3.8, 4) is 0 Å². The summed E-state index contributed by atoms with van der Waals surface area (Å²) in [6.45, 7) is 0. The Bertz CT molecular complexity index is 456. The van der Waals surface area contributed by atoms with Crippen LogP contribution in [0.2, 0.25) is 0 Å². The molecule has 0 unspecified atom stereocenters. The minimum atomic E-state index is -1.54. The third-order valence-electron chi connectivity index (χ3n) is 0.894. The SMILES string of the molecule is S=C(Op1oc(=S)o1)Op1oc(=S)o1. The molecule has 0 fully saturated rings. The van der Waals surface area contributed by atoms with Crippen LogP contribution in [-0.2, 0) is 0 Å². The molecule has 14 heavy (non-hydrogen) atoms. The van der Waals surface area contributed by atoms with Crippen molar-refractivity contribution in [2.75, 3.05) is 0 Å². The van der Waals surface area contributed by atoms with E-state index >= 15 is 0 Å². The molecule has 0 saturated heterocycles. The fraction of sp³-hybridized carbons (Fsp3) is 0. The Labute approximate surface area is 94.0 Å². The van der Waals surface area contributed by atoms with Gasteiger partial charge in [-0.1, -0.05) is 0 Å². The normalized spacial score (nSPS) is 10.3. The lowest BCUT2D eigenvalue weighted by Crippen LogP contribution is -2.10. The zero-order valence-electron chi connectivity index (χ0n) is 6.07. The fourth-order valence-corrected chi connectivity index (χ4v) is 2.61. The first-order valence-corrected chi connectivity index (χ1v) is 6.35. The summed E-state index contributed by atoms with van der Waals surface area (Å²) in [6.07, 6.45) is 0. The lowest BCUT2D eigenvalue weighted by molar-refractivity contribution is 0.311. The van der Waals surface area contributed by atoms with Gasteiger partial charge in [-0.05, 0) is 0 Å². The van der Waals surface area contributed by atoms with Crippen molar-refractivity contribution in [3.05, 3.63) is 9.81 Å². The lowest BCUT2D eigenvalue weighted by Gasteiger charge is -2.04. The summed E-state index contributed by atoms with van der Waals surface area (Å²) >= 11 is 13.7. The molecule has 2 heterocycles. The lowest BCUT2D eigenvalue weighted by atomic mass is 11.5. The molecule has 6 nitrogen and oxygen atoms in total. The molecule has 0 aliphatic heterocycles. The number of hydrogen-bond acceptors (Lipinski definition) is 9. The summed E-state index contributed by atoms with van der Waals surface area (Å²) in [5, 5.41) is -0.188. The second kappa shape index (κ2) is 4.04. The highest BCUT2D eigenvalue weighted by Crippen LogP contribution is 2.32. The highest BCUT2D eigenvalue weighted by Gasteiger charge is 2.15. The van der Waals surface area contributed by atoms with E-state index in [1.807, 2.05) is 0 Å². The van der Waals surface area contributed by atoms with Crippen LogP contribution in [0.4, 0.5) is 0 Å². The molecule has 0 radical (unpaired) electrons. The smallest absolute Gasteiger partial charge is 0.345 e. The van der Waals surface area contributed by atoms with Gasteiger partial charge in [-0.25, -0.2) is 0 Å². The van der Waals surface area contributed by atoms with Gasteiger partial charge in [0.2, 0.25) is 0 Å². The molecule has 76 valence electrons. The fourth-order valence-electron chi connectivity index (χ4n) is 0.470. The monoisotopic (exact) mass is 290 g/mol. The van der Waals surface area contributed by atoms with E-state index < -0.39 is 16.5 Å². The Morgan fingerprint density at radius 3 is 1.57 bits per heavy atom. The van der Waals surface area contributed by atoms with E-state index in [9.17, 15) is 0 Å². The predicted molar refractivity (Wildman–Crippen MR) is 54.8 cm³/mol. The maximum absolute atomic E-state index is 4.85. The maximum Gasteiger partial charge on any atom is 0.462 e. The summed E-state index contributed by atoms with van der Waals surface area (Å²) in [5.74, 6) is 0. The first kappa shape index (κ1) is 10.2. The Hall–Kier alpha value is -0.330. The van der Waals surface area contributed by atoms with E-state index in [-0.39, 0.29) is 15.0 Å². The van der Waals surface area contributed by atoms with Crippen LogP contribution in [0, 0.1) is 9.81 Å². The second-order valence-electron chi connectivity index (χ2n) is 1.74. The first-order chi connectivity index (χ1) is 6.63. The van der Waals surface area contributed by atoms with Crippen LogP contribution >= 0.6 is 53.1 Å². The van der Waals surface area contributed by atoms with Crippen LogP contribution < -0.4 is 9.05 Å².